The molecule has 0 fully saturated rings. The summed E-state index contributed by atoms with van der Waals surface area (Å²) in [5, 5.41) is 20.6. The molecule has 0 bridgehead atoms. The largest absolute Gasteiger partial charge is 0.492 e. The minimum absolute atomic E-state index is 0.310. The molecule has 0 unspecified atom stereocenters. The lowest BCUT2D eigenvalue weighted by molar-refractivity contribution is 0.425. The van der Waals surface area contributed by atoms with Crippen LogP contribution in [-0.2, 0) is 0 Å². The third-order valence-electron chi connectivity index (χ3n) is 2.25. The van der Waals surface area contributed by atoms with E-state index in [2.05, 4.69) is 0 Å². The van der Waals surface area contributed by atoms with E-state index in [0.29, 0.717) is 16.7 Å². The Labute approximate surface area is 86.8 Å². The first-order valence-electron chi connectivity index (χ1n) is 4.45. The van der Waals surface area contributed by atoms with Crippen LogP contribution >= 0.6 is 0 Å². The van der Waals surface area contributed by atoms with Crippen molar-refractivity contribution in [1.29, 1.82) is 0 Å². The lowest BCUT2D eigenvalue weighted by Crippen LogP contribution is -2.32. The summed E-state index contributed by atoms with van der Waals surface area (Å²) in [6, 6.07) is 5.13. The molecule has 4 N–H and O–H groups in total. The SMILES string of the molecule is CN(N)c1cc(B(O)O)c2occc2c1. The molecule has 78 valence electrons. The predicted octanol–water partition coefficient (Wildman–Crippen LogP) is -0.578. The summed E-state index contributed by atoms with van der Waals surface area (Å²) in [6.45, 7) is 0. The summed E-state index contributed by atoms with van der Waals surface area (Å²) in [5.74, 6) is 5.58. The average Bonchev–Trinajstić information content (AvgIpc) is 2.62. The van der Waals surface area contributed by atoms with E-state index in [-0.39, 0.29) is 0 Å². The maximum absolute atomic E-state index is 9.18. The highest BCUT2D eigenvalue weighted by atomic mass is 16.4. The van der Waals surface area contributed by atoms with Crippen molar-refractivity contribution in [2.45, 2.75) is 0 Å². The lowest BCUT2D eigenvalue weighted by Gasteiger charge is -2.13. The van der Waals surface area contributed by atoms with Crippen LogP contribution in [0.4, 0.5) is 5.69 Å². The van der Waals surface area contributed by atoms with Crippen molar-refractivity contribution in [1.82, 2.24) is 0 Å². The van der Waals surface area contributed by atoms with Gasteiger partial charge >= 0.3 is 7.12 Å². The molecule has 1 aromatic carbocycles. The molecule has 1 aromatic heterocycles. The van der Waals surface area contributed by atoms with Gasteiger partial charge in [0.1, 0.15) is 5.58 Å². The summed E-state index contributed by atoms with van der Waals surface area (Å²) in [6.07, 6.45) is 1.50. The van der Waals surface area contributed by atoms with E-state index >= 15 is 0 Å². The first-order chi connectivity index (χ1) is 7.09. The monoisotopic (exact) mass is 206 g/mol. The molecule has 15 heavy (non-hydrogen) atoms. The van der Waals surface area contributed by atoms with Gasteiger partial charge in [0, 0.05) is 17.9 Å². The third kappa shape index (κ3) is 1.70. The van der Waals surface area contributed by atoms with E-state index < -0.39 is 7.12 Å². The fourth-order valence-electron chi connectivity index (χ4n) is 1.49. The van der Waals surface area contributed by atoms with Crippen molar-refractivity contribution in [3.8, 4) is 0 Å². The van der Waals surface area contributed by atoms with E-state index in [0.717, 1.165) is 5.39 Å². The highest BCUT2D eigenvalue weighted by Crippen LogP contribution is 2.19. The van der Waals surface area contributed by atoms with Gasteiger partial charge in [-0.15, -0.1) is 0 Å². The molecule has 0 atom stereocenters. The number of nitrogens with two attached hydrogens (primary N) is 1. The highest BCUT2D eigenvalue weighted by molar-refractivity contribution is 6.61. The van der Waals surface area contributed by atoms with Crippen LogP contribution in [0.2, 0.25) is 0 Å². The number of fused-ring (bicyclic) bond motifs is 1. The van der Waals surface area contributed by atoms with Gasteiger partial charge in [-0.2, -0.15) is 0 Å². The van der Waals surface area contributed by atoms with Gasteiger partial charge in [-0.3, -0.25) is 0 Å². The Bertz CT molecular complexity index is 481. The molecule has 5 nitrogen and oxygen atoms in total. The minimum Gasteiger partial charge on any atom is -0.465 e. The van der Waals surface area contributed by atoms with Gasteiger partial charge < -0.3 is 19.5 Å². The van der Waals surface area contributed by atoms with Crippen molar-refractivity contribution >= 4 is 29.2 Å². The molecule has 1 heterocycles. The normalized spacial score (nSPS) is 10.7. The molecule has 0 saturated carbocycles. The van der Waals surface area contributed by atoms with Crippen LogP contribution in [-0.4, -0.2) is 24.2 Å². The summed E-state index contributed by atoms with van der Waals surface area (Å²) >= 11 is 0. The number of hydrogen-bond donors (Lipinski definition) is 3. The summed E-state index contributed by atoms with van der Waals surface area (Å²) < 4.78 is 5.17. The smallest absolute Gasteiger partial charge is 0.465 e. The molecule has 0 aliphatic carbocycles. The van der Waals surface area contributed by atoms with E-state index in [9.17, 15) is 10.0 Å². The molecule has 0 saturated heterocycles. The number of benzene rings is 1. The van der Waals surface area contributed by atoms with Gasteiger partial charge in [-0.25, -0.2) is 5.84 Å². The summed E-state index contributed by atoms with van der Waals surface area (Å²) in [5.41, 5.74) is 1.47. The van der Waals surface area contributed by atoms with Crippen molar-refractivity contribution in [2.24, 2.45) is 5.84 Å². The Hall–Kier alpha value is -1.50. The van der Waals surface area contributed by atoms with Crippen molar-refractivity contribution in [2.75, 3.05) is 12.1 Å². The fourth-order valence-corrected chi connectivity index (χ4v) is 1.49. The molecule has 6 heteroatoms. The Morgan fingerprint density at radius 2 is 2.13 bits per heavy atom. The van der Waals surface area contributed by atoms with Crippen molar-refractivity contribution < 1.29 is 14.5 Å². The molecular weight excluding hydrogens is 195 g/mol. The predicted molar refractivity (Wildman–Crippen MR) is 58.6 cm³/mol. The second kappa shape index (κ2) is 3.58. The van der Waals surface area contributed by atoms with Gasteiger partial charge in [0.25, 0.3) is 0 Å². The van der Waals surface area contributed by atoms with E-state index in [1.807, 2.05) is 6.07 Å². The zero-order valence-electron chi connectivity index (χ0n) is 8.21. The molecular formula is C9H11BN2O3. The number of nitrogens with zero attached hydrogens (tertiary/aromatic N) is 1. The molecule has 0 amide bonds. The molecule has 0 aliphatic rings. The van der Waals surface area contributed by atoms with Crippen LogP contribution < -0.4 is 16.3 Å². The van der Waals surface area contributed by atoms with Gasteiger partial charge in [0.2, 0.25) is 0 Å². The Balaban J connectivity index is 2.69. The Kier molecular flexibility index (Phi) is 2.40. The van der Waals surface area contributed by atoms with Crippen LogP contribution in [0.25, 0.3) is 11.0 Å². The summed E-state index contributed by atoms with van der Waals surface area (Å²) in [4.78, 5) is 0. The fraction of sp³-hybridized carbons (Fsp3) is 0.111. The topological polar surface area (TPSA) is 82.9 Å². The van der Waals surface area contributed by atoms with E-state index in [1.165, 1.54) is 11.3 Å². The Morgan fingerprint density at radius 1 is 1.40 bits per heavy atom. The molecule has 2 aromatic rings. The van der Waals surface area contributed by atoms with Crippen molar-refractivity contribution in [3.63, 3.8) is 0 Å². The number of hydrazine groups is 1. The molecule has 0 spiro atoms. The van der Waals surface area contributed by atoms with Crippen LogP contribution in [0.5, 0.6) is 0 Å². The number of hydrogen-bond acceptors (Lipinski definition) is 5. The second-order valence-electron chi connectivity index (χ2n) is 3.36. The van der Waals surface area contributed by atoms with Crippen LogP contribution in [0.3, 0.4) is 0 Å². The first kappa shape index (κ1) is 10.0. The quantitative estimate of drug-likeness (QED) is 0.348. The average molecular weight is 206 g/mol. The molecule has 0 aliphatic heterocycles. The van der Waals surface area contributed by atoms with Gasteiger partial charge in [0.05, 0.1) is 12.0 Å². The van der Waals surface area contributed by atoms with E-state index in [4.69, 9.17) is 10.3 Å². The molecule has 0 radical (unpaired) electrons. The van der Waals surface area contributed by atoms with Gasteiger partial charge in [0.15, 0.2) is 0 Å². The van der Waals surface area contributed by atoms with E-state index in [1.54, 1.807) is 19.2 Å². The van der Waals surface area contributed by atoms with Gasteiger partial charge in [-0.05, 0) is 18.2 Å². The maximum atomic E-state index is 9.18. The number of furan rings is 1. The zero-order valence-corrected chi connectivity index (χ0v) is 8.21. The van der Waals surface area contributed by atoms with Crippen molar-refractivity contribution in [3.05, 3.63) is 24.5 Å². The zero-order chi connectivity index (χ0) is 11.0. The minimum atomic E-state index is -1.57. The second-order valence-corrected chi connectivity index (χ2v) is 3.36. The van der Waals surface area contributed by atoms with Crippen LogP contribution in [0.15, 0.2) is 28.9 Å². The first-order valence-corrected chi connectivity index (χ1v) is 4.45. The number of anilines is 1. The van der Waals surface area contributed by atoms with Gasteiger partial charge in [-0.1, -0.05) is 0 Å². The Morgan fingerprint density at radius 3 is 2.73 bits per heavy atom. The molecule has 2 rings (SSSR count). The van der Waals surface area contributed by atoms with Crippen LogP contribution in [0, 0.1) is 0 Å². The standard InChI is InChI=1S/C9H11BN2O3/c1-12(11)7-4-6-2-3-15-9(6)8(5-7)10(13)14/h2-5,13-14H,11H2,1H3. The summed E-state index contributed by atoms with van der Waals surface area (Å²) in [7, 11) is 0.105. The van der Waals surface area contributed by atoms with Crippen LogP contribution in [0.1, 0.15) is 0 Å². The highest BCUT2D eigenvalue weighted by Gasteiger charge is 2.18. The third-order valence-corrected chi connectivity index (χ3v) is 2.25. The maximum Gasteiger partial charge on any atom is 0.492 e. The lowest BCUT2D eigenvalue weighted by atomic mass is 9.79. The number of rotatable bonds is 2.